The molecule has 0 saturated carbocycles. The van der Waals surface area contributed by atoms with E-state index in [1.54, 1.807) is 0 Å². The summed E-state index contributed by atoms with van der Waals surface area (Å²) in [5.74, 6) is 8.58. The molecule has 2 aliphatic carbocycles. The average Bonchev–Trinajstić information content (AvgIpc) is 0.811. The lowest BCUT2D eigenvalue weighted by Gasteiger charge is -2.25. The van der Waals surface area contributed by atoms with Crippen molar-refractivity contribution in [2.24, 2.45) is 0 Å². The fraction of sp³-hybridized carbons (Fsp3) is 0.415. The zero-order chi connectivity index (χ0) is 63.8. The molecule has 10 heteroatoms. The Morgan fingerprint density at radius 2 is 0.391 bits per heavy atom. The lowest BCUT2D eigenvalue weighted by molar-refractivity contribution is 0.293. The minimum absolute atomic E-state index is 0.296. The van der Waals surface area contributed by atoms with E-state index in [1.165, 1.54) is 0 Å². The van der Waals surface area contributed by atoms with Gasteiger partial charge in [0.05, 0.1) is 52.9 Å². The van der Waals surface area contributed by atoms with Gasteiger partial charge < -0.3 is 47.4 Å². The second-order valence-corrected chi connectivity index (χ2v) is 25.0. The molecule has 0 aromatic heterocycles. The summed E-state index contributed by atoms with van der Waals surface area (Å²) in [4.78, 5) is 0. The van der Waals surface area contributed by atoms with Gasteiger partial charge in [-0.05, 0) is 178 Å². The van der Waals surface area contributed by atoms with E-state index in [4.69, 9.17) is 47.4 Å². The molecule has 0 spiro atoms. The molecule has 0 N–H and O–H groups in total. The monoisotopic (exact) mass is 1240 g/mol. The Bertz CT molecular complexity index is 3130. The van der Waals surface area contributed by atoms with Crippen LogP contribution in [0, 0.1) is 0 Å². The van der Waals surface area contributed by atoms with Gasteiger partial charge in [-0.3, -0.25) is 0 Å². The molecule has 2 heterocycles. The number of ether oxygens (including phenoxy) is 10. The van der Waals surface area contributed by atoms with Crippen LogP contribution in [0.25, 0.3) is 0 Å². The zero-order valence-electron chi connectivity index (χ0n) is 56.0. The second-order valence-electron chi connectivity index (χ2n) is 25.0. The number of rotatable bonds is 24. The highest BCUT2D eigenvalue weighted by Gasteiger charge is 2.28. The summed E-state index contributed by atoms with van der Waals surface area (Å²) in [5.41, 5.74) is 19.1. The van der Waals surface area contributed by atoms with Gasteiger partial charge in [0.1, 0.15) is 70.7 Å². The van der Waals surface area contributed by atoms with Crippen LogP contribution in [0.3, 0.4) is 0 Å². The minimum atomic E-state index is 0.296. The molecule has 12 rings (SSSR count). The van der Waals surface area contributed by atoms with E-state index >= 15 is 0 Å². The summed E-state index contributed by atoms with van der Waals surface area (Å²) in [5, 5.41) is 0. The standard InChI is InChI=1S/C82H96O10/c1-9-29-83-75-57-21-17-22-58(75)42-66-38-56-40-68(80(66)88-34-14-6)44-60-24-18-23-59(76(60)84-30-10-2)43-67-39-55(37-65(41-57)79(67)87-33-13-5)53-91-73-49-69-45-61-25-19-26-62(77(61)85-31-11-3)46-70-50-74(92-54-56)52-72(82(70)90-36-16-8)48-64-28-20-27-63(78(64)86-32-12-4)47-71(51-73)81(69)89-35-15-7/h17-28,37-40,49-52H,9-16,29-36,41-48,53-54H2,1-8H3. The van der Waals surface area contributed by atoms with Crippen molar-refractivity contribution < 1.29 is 47.4 Å². The molecule has 10 nitrogen and oxygen atoms in total. The van der Waals surface area contributed by atoms with Gasteiger partial charge in [-0.25, -0.2) is 0 Å². The van der Waals surface area contributed by atoms with Gasteiger partial charge in [-0.2, -0.15) is 0 Å². The predicted octanol–water partition coefficient (Wildman–Crippen LogP) is 18.8. The molecule has 0 fully saturated rings. The predicted molar refractivity (Wildman–Crippen MR) is 369 cm³/mol. The maximum atomic E-state index is 7.31. The van der Waals surface area contributed by atoms with Gasteiger partial charge in [-0.1, -0.05) is 128 Å². The Hall–Kier alpha value is -8.24. The third-order valence-electron chi connectivity index (χ3n) is 17.2. The highest BCUT2D eigenvalue weighted by molar-refractivity contribution is 5.61. The zero-order valence-corrected chi connectivity index (χ0v) is 56.0. The van der Waals surface area contributed by atoms with Crippen LogP contribution in [0.1, 0.15) is 207 Å². The van der Waals surface area contributed by atoms with Gasteiger partial charge in [0.15, 0.2) is 0 Å². The fourth-order valence-electron chi connectivity index (χ4n) is 13.2. The minimum Gasteiger partial charge on any atom is -0.493 e. The molecule has 2 aliphatic heterocycles. The van der Waals surface area contributed by atoms with Gasteiger partial charge in [0, 0.05) is 73.6 Å². The van der Waals surface area contributed by atoms with E-state index in [2.05, 4.69) is 177 Å². The van der Waals surface area contributed by atoms with Crippen LogP contribution < -0.4 is 47.4 Å². The second kappa shape index (κ2) is 31.9. The number of para-hydroxylation sites is 4. The number of fused-ring (bicyclic) bond motifs is 2. The lowest BCUT2D eigenvalue weighted by Crippen LogP contribution is -2.12. The maximum absolute atomic E-state index is 7.31. The summed E-state index contributed by atoms with van der Waals surface area (Å²) in [6, 6.07) is 44.6. The van der Waals surface area contributed by atoms with Crippen molar-refractivity contribution in [2.75, 3.05) is 52.9 Å². The molecule has 20 bridgehead atoms. The third-order valence-corrected chi connectivity index (χ3v) is 17.2. The van der Waals surface area contributed by atoms with Crippen molar-refractivity contribution in [3.63, 3.8) is 0 Å². The van der Waals surface area contributed by atoms with Crippen molar-refractivity contribution in [3.05, 3.63) is 221 Å². The molecule has 0 unspecified atom stereocenters. The first kappa shape index (κ1) is 65.3. The van der Waals surface area contributed by atoms with E-state index < -0.39 is 0 Å². The third kappa shape index (κ3) is 15.5. The van der Waals surface area contributed by atoms with Crippen molar-refractivity contribution in [1.29, 1.82) is 0 Å². The van der Waals surface area contributed by atoms with Crippen molar-refractivity contribution in [2.45, 2.75) is 171 Å². The molecule has 0 atom stereocenters. The SMILES string of the molecule is CCCOc1c2cccc1Cc1cc3cc(c1OCCC)Cc1cccc(c1OCCC)Cc1cc(cc(c1OCCC)C2)COc1cc2c(OCCC)c(c1)Cc1cccc(c1OCCC)Cc1cc(cc(c1OCCC)Cc1cccc(c1OCCC)C2)OC3. The topological polar surface area (TPSA) is 92.3 Å². The summed E-state index contributed by atoms with van der Waals surface area (Å²) >= 11 is 0. The van der Waals surface area contributed by atoms with Crippen molar-refractivity contribution in [1.82, 2.24) is 0 Å². The molecule has 484 valence electrons. The molecule has 92 heavy (non-hydrogen) atoms. The molecule has 8 aromatic carbocycles. The fourth-order valence-corrected chi connectivity index (χ4v) is 13.2. The van der Waals surface area contributed by atoms with Crippen molar-refractivity contribution in [3.8, 4) is 57.5 Å². The van der Waals surface area contributed by atoms with E-state index in [-0.39, 0.29) is 0 Å². The van der Waals surface area contributed by atoms with Gasteiger partial charge in [-0.15, -0.1) is 0 Å². The Balaban J connectivity index is 1.23. The molecule has 8 aromatic rings. The summed E-state index contributed by atoms with van der Waals surface area (Å²) in [6.45, 7) is 22.5. The van der Waals surface area contributed by atoms with E-state index in [0.717, 1.165) is 209 Å². The summed E-state index contributed by atoms with van der Waals surface area (Å²) < 4.78 is 70.7. The summed E-state index contributed by atoms with van der Waals surface area (Å²) in [6.07, 6.45) is 11.3. The van der Waals surface area contributed by atoms with Crippen molar-refractivity contribution >= 4 is 0 Å². The maximum Gasteiger partial charge on any atom is 0.126 e. The molecular weight excluding hydrogens is 1140 g/mol. The first-order valence-corrected chi connectivity index (χ1v) is 34.5. The molecule has 0 amide bonds. The first-order valence-electron chi connectivity index (χ1n) is 34.5. The quantitative estimate of drug-likeness (QED) is 0.0582. The van der Waals surface area contributed by atoms with Crippen LogP contribution in [-0.2, 0) is 64.6 Å². The van der Waals surface area contributed by atoms with E-state index in [9.17, 15) is 0 Å². The smallest absolute Gasteiger partial charge is 0.126 e. The lowest BCUT2D eigenvalue weighted by atomic mass is 9.89. The van der Waals surface area contributed by atoms with E-state index in [1.807, 2.05) is 0 Å². The van der Waals surface area contributed by atoms with Crippen LogP contribution in [0.5, 0.6) is 57.5 Å². The Morgan fingerprint density at radius 1 is 0.228 bits per heavy atom. The number of benzene rings is 8. The van der Waals surface area contributed by atoms with Crippen LogP contribution in [0.2, 0.25) is 0 Å². The van der Waals surface area contributed by atoms with Crippen LogP contribution >= 0.6 is 0 Å². The van der Waals surface area contributed by atoms with Crippen LogP contribution in [-0.4, -0.2) is 52.9 Å². The van der Waals surface area contributed by atoms with Gasteiger partial charge in [0.25, 0.3) is 0 Å². The molecule has 4 aliphatic rings. The number of hydrogen-bond donors (Lipinski definition) is 0. The highest BCUT2D eigenvalue weighted by Crippen LogP contribution is 2.45. The Kier molecular flexibility index (Phi) is 22.6. The first-order chi connectivity index (χ1) is 45.2. The molecular formula is C82H96O10. The van der Waals surface area contributed by atoms with Crippen LogP contribution in [0.4, 0.5) is 0 Å². The average molecular weight is 1240 g/mol. The summed E-state index contributed by atoms with van der Waals surface area (Å²) in [7, 11) is 0. The van der Waals surface area contributed by atoms with Gasteiger partial charge >= 0.3 is 0 Å². The largest absolute Gasteiger partial charge is 0.493 e. The van der Waals surface area contributed by atoms with Crippen LogP contribution in [0.15, 0.2) is 121 Å². The Labute approximate surface area is 547 Å². The molecule has 0 saturated heterocycles. The van der Waals surface area contributed by atoms with Gasteiger partial charge in [0.2, 0.25) is 0 Å². The van der Waals surface area contributed by atoms with E-state index in [0.29, 0.717) is 117 Å². The highest BCUT2D eigenvalue weighted by atomic mass is 16.5. The Morgan fingerprint density at radius 3 is 0.565 bits per heavy atom. The number of hydrogen-bond acceptors (Lipinski definition) is 10. The normalized spacial score (nSPS) is 13.2. The molecule has 0 radical (unpaired) electrons.